The number of hydrogen-bond acceptors (Lipinski definition) is 3. The van der Waals surface area contributed by atoms with Gasteiger partial charge in [0.2, 0.25) is 11.8 Å². The van der Waals surface area contributed by atoms with Gasteiger partial charge in [-0.05, 0) is 30.7 Å². The predicted molar refractivity (Wildman–Crippen MR) is 102 cm³/mol. The van der Waals surface area contributed by atoms with Crippen molar-refractivity contribution < 1.29 is 9.59 Å². The average molecular weight is 379 g/mol. The number of carbonyl (C=O) groups is 2. The normalized spacial score (nSPS) is 20.2. The Hall–Kier alpha value is -3.12. The van der Waals surface area contributed by atoms with Gasteiger partial charge in [0.1, 0.15) is 11.2 Å². The summed E-state index contributed by atoms with van der Waals surface area (Å²) in [6, 6.07) is 13.0. The van der Waals surface area contributed by atoms with Crippen molar-refractivity contribution in [1.29, 1.82) is 0 Å². The van der Waals surface area contributed by atoms with Crippen LogP contribution >= 0.6 is 11.6 Å². The van der Waals surface area contributed by atoms with E-state index in [0.717, 1.165) is 16.8 Å². The summed E-state index contributed by atoms with van der Waals surface area (Å²) in [7, 11) is 0. The Kier molecular flexibility index (Phi) is 3.24. The van der Waals surface area contributed by atoms with E-state index in [2.05, 4.69) is 15.7 Å². The van der Waals surface area contributed by atoms with E-state index in [1.807, 2.05) is 43.3 Å². The Labute approximate surface area is 160 Å². The molecule has 27 heavy (non-hydrogen) atoms. The highest BCUT2D eigenvalue weighted by atomic mass is 35.5. The number of anilines is 2. The molecule has 0 saturated carbocycles. The third-order valence-electron chi connectivity index (χ3n) is 5.26. The van der Waals surface area contributed by atoms with Crippen LogP contribution in [0.3, 0.4) is 0 Å². The summed E-state index contributed by atoms with van der Waals surface area (Å²) >= 11 is 6.32. The summed E-state index contributed by atoms with van der Waals surface area (Å²) in [5.41, 5.74) is 2.79. The minimum atomic E-state index is -1.08. The fourth-order valence-electron chi connectivity index (χ4n) is 4.01. The fraction of sp³-hybridized carbons (Fsp3) is 0.150. The van der Waals surface area contributed by atoms with Crippen molar-refractivity contribution >= 4 is 34.9 Å². The number of aromatic nitrogens is 2. The molecule has 2 aliphatic heterocycles. The molecular weight excluding hydrogens is 364 g/mol. The van der Waals surface area contributed by atoms with E-state index < -0.39 is 5.41 Å². The van der Waals surface area contributed by atoms with Crippen molar-refractivity contribution in [1.82, 2.24) is 9.78 Å². The monoisotopic (exact) mass is 378 g/mol. The Morgan fingerprint density at radius 2 is 1.93 bits per heavy atom. The summed E-state index contributed by atoms with van der Waals surface area (Å²) in [5, 5.41) is 10.8. The Bertz CT molecular complexity index is 1140. The van der Waals surface area contributed by atoms with Crippen LogP contribution in [0.2, 0.25) is 5.02 Å². The molecule has 3 aromatic rings. The lowest BCUT2D eigenvalue weighted by atomic mass is 9.71. The fourth-order valence-corrected chi connectivity index (χ4v) is 4.23. The molecule has 0 fully saturated rings. The van der Waals surface area contributed by atoms with Crippen LogP contribution in [0, 0.1) is 6.92 Å². The van der Waals surface area contributed by atoms with Gasteiger partial charge in [-0.3, -0.25) is 9.59 Å². The number of benzene rings is 2. The van der Waals surface area contributed by atoms with Crippen LogP contribution in [-0.4, -0.2) is 21.6 Å². The highest BCUT2D eigenvalue weighted by molar-refractivity contribution is 6.32. The summed E-state index contributed by atoms with van der Waals surface area (Å²) in [6.07, 6.45) is 1.69. The van der Waals surface area contributed by atoms with Crippen LogP contribution in [0.1, 0.15) is 23.1 Å². The van der Waals surface area contributed by atoms with E-state index in [4.69, 9.17) is 11.6 Å². The smallest absolute Gasteiger partial charge is 0.240 e. The van der Waals surface area contributed by atoms with Gasteiger partial charge in [0.25, 0.3) is 0 Å². The highest BCUT2D eigenvalue weighted by Crippen LogP contribution is 2.50. The third-order valence-corrected chi connectivity index (χ3v) is 5.58. The van der Waals surface area contributed by atoms with E-state index in [9.17, 15) is 9.59 Å². The molecule has 2 aliphatic rings. The summed E-state index contributed by atoms with van der Waals surface area (Å²) in [6.45, 7) is 1.97. The number of aryl methyl sites for hydroxylation is 1. The van der Waals surface area contributed by atoms with Gasteiger partial charge in [-0.15, -0.1) is 0 Å². The zero-order chi connectivity index (χ0) is 18.8. The molecule has 0 unspecified atom stereocenters. The standard InChI is InChI=1S/C20H15ClN4O2/c1-11-6-7-15-12(8-11)20(19(27)23-15)9-17(26)24-18-13(20)10-22-25(18)16-5-3-2-4-14(16)21/h2-8,10H,9H2,1H3,(H,23,27)(H,24,26)/t20-/m1/s1. The van der Waals surface area contributed by atoms with Gasteiger partial charge in [0, 0.05) is 17.7 Å². The third kappa shape index (κ3) is 2.10. The Morgan fingerprint density at radius 1 is 1.11 bits per heavy atom. The van der Waals surface area contributed by atoms with Gasteiger partial charge in [-0.25, -0.2) is 4.68 Å². The number of hydrogen-bond donors (Lipinski definition) is 2. The zero-order valence-corrected chi connectivity index (χ0v) is 15.2. The Morgan fingerprint density at radius 3 is 2.74 bits per heavy atom. The van der Waals surface area contributed by atoms with E-state index >= 15 is 0 Å². The van der Waals surface area contributed by atoms with Gasteiger partial charge in [0.05, 0.1) is 16.9 Å². The molecule has 3 heterocycles. The summed E-state index contributed by atoms with van der Waals surface area (Å²) < 4.78 is 1.58. The minimum Gasteiger partial charge on any atom is -0.325 e. The number of para-hydroxylation sites is 1. The molecular formula is C20H15ClN4O2. The molecule has 1 spiro atoms. The second-order valence-electron chi connectivity index (χ2n) is 6.90. The van der Waals surface area contributed by atoms with Crippen LogP contribution in [0.25, 0.3) is 5.69 Å². The average Bonchev–Trinajstić information content (AvgIpc) is 3.16. The summed E-state index contributed by atoms with van der Waals surface area (Å²) in [5.74, 6) is 0.0302. The van der Waals surface area contributed by atoms with Crippen LogP contribution in [0.15, 0.2) is 48.7 Å². The van der Waals surface area contributed by atoms with Crippen LogP contribution in [0.4, 0.5) is 11.5 Å². The van der Waals surface area contributed by atoms with Gasteiger partial charge in [0.15, 0.2) is 0 Å². The molecule has 0 radical (unpaired) electrons. The van der Waals surface area contributed by atoms with Gasteiger partial charge in [-0.1, -0.05) is 41.4 Å². The molecule has 0 aliphatic carbocycles. The molecule has 134 valence electrons. The molecule has 6 nitrogen and oxygen atoms in total. The van der Waals surface area contributed by atoms with Crippen molar-refractivity contribution in [2.45, 2.75) is 18.8 Å². The van der Waals surface area contributed by atoms with E-state index in [-0.39, 0.29) is 18.2 Å². The number of nitrogens with zero attached hydrogens (tertiary/aromatic N) is 2. The molecule has 2 N–H and O–H groups in total. The second kappa shape index (κ2) is 5.44. The SMILES string of the molecule is Cc1ccc2c(c1)[C@@]1(CC(=O)Nc3c1cnn3-c1ccccc1Cl)C(=O)N2. The molecule has 0 bridgehead atoms. The zero-order valence-electron chi connectivity index (χ0n) is 14.4. The van der Waals surface area contributed by atoms with Crippen LogP contribution in [-0.2, 0) is 15.0 Å². The first-order valence-electron chi connectivity index (χ1n) is 8.56. The van der Waals surface area contributed by atoms with Crippen LogP contribution < -0.4 is 10.6 Å². The lowest BCUT2D eigenvalue weighted by Crippen LogP contribution is -2.43. The van der Waals surface area contributed by atoms with E-state index in [1.54, 1.807) is 16.9 Å². The molecule has 1 aromatic heterocycles. The number of fused-ring (bicyclic) bond motifs is 4. The number of nitrogens with one attached hydrogen (secondary N) is 2. The number of carbonyl (C=O) groups excluding carboxylic acids is 2. The highest BCUT2D eigenvalue weighted by Gasteiger charge is 2.54. The van der Waals surface area contributed by atoms with Crippen molar-refractivity contribution in [3.05, 3.63) is 70.4 Å². The van der Waals surface area contributed by atoms with Crippen molar-refractivity contribution in [3.8, 4) is 5.69 Å². The first-order valence-corrected chi connectivity index (χ1v) is 8.94. The van der Waals surface area contributed by atoms with Gasteiger partial charge < -0.3 is 10.6 Å². The molecule has 7 heteroatoms. The first-order chi connectivity index (χ1) is 13.0. The maximum atomic E-state index is 13.1. The quantitative estimate of drug-likeness (QED) is 0.681. The molecule has 2 amide bonds. The lowest BCUT2D eigenvalue weighted by molar-refractivity contribution is -0.125. The van der Waals surface area contributed by atoms with Crippen LogP contribution in [0.5, 0.6) is 0 Å². The van der Waals surface area contributed by atoms with Crippen molar-refractivity contribution in [2.75, 3.05) is 10.6 Å². The van der Waals surface area contributed by atoms with E-state index in [1.165, 1.54) is 0 Å². The van der Waals surface area contributed by atoms with Crippen molar-refractivity contribution in [2.24, 2.45) is 0 Å². The van der Waals surface area contributed by atoms with Gasteiger partial charge >= 0.3 is 0 Å². The minimum absolute atomic E-state index is 0.0382. The molecule has 1 atom stereocenters. The largest absolute Gasteiger partial charge is 0.325 e. The topological polar surface area (TPSA) is 76.0 Å². The van der Waals surface area contributed by atoms with E-state index in [0.29, 0.717) is 22.1 Å². The predicted octanol–water partition coefficient (Wildman–Crippen LogP) is 3.41. The number of amides is 2. The summed E-state index contributed by atoms with van der Waals surface area (Å²) in [4.78, 5) is 25.7. The van der Waals surface area contributed by atoms with Crippen molar-refractivity contribution in [3.63, 3.8) is 0 Å². The maximum Gasteiger partial charge on any atom is 0.240 e. The van der Waals surface area contributed by atoms with Gasteiger partial charge in [-0.2, -0.15) is 5.10 Å². The Balaban J connectivity index is 1.79. The molecule has 5 rings (SSSR count). The first kappa shape index (κ1) is 16.1. The molecule has 2 aromatic carbocycles. The number of rotatable bonds is 1. The maximum absolute atomic E-state index is 13.1. The lowest BCUT2D eigenvalue weighted by Gasteiger charge is -2.31. The molecule has 0 saturated heterocycles. The second-order valence-corrected chi connectivity index (χ2v) is 7.31. The number of halogens is 1.